The van der Waals surface area contributed by atoms with Crippen LogP contribution in [-0.2, 0) is 9.47 Å². The lowest BCUT2D eigenvalue weighted by atomic mass is 9.86. The lowest BCUT2D eigenvalue weighted by Crippen LogP contribution is -2.59. The van der Waals surface area contributed by atoms with Crippen molar-refractivity contribution >= 4 is 22.6 Å². The predicted octanol–water partition coefficient (Wildman–Crippen LogP) is 2.36. The zero-order valence-corrected chi connectivity index (χ0v) is 15.2. The molecule has 0 aromatic heterocycles. The van der Waals surface area contributed by atoms with Gasteiger partial charge in [-0.2, -0.15) is 0 Å². The van der Waals surface area contributed by atoms with Gasteiger partial charge in [-0.15, -0.1) is 0 Å². The number of methoxy groups -OCH3 is 2. The highest BCUT2D eigenvalue weighted by molar-refractivity contribution is 14.1. The number of likely N-dealkylation sites (N-methyl/N-ethyl adjacent to an activating group) is 1. The van der Waals surface area contributed by atoms with Gasteiger partial charge < -0.3 is 9.47 Å². The van der Waals surface area contributed by atoms with Gasteiger partial charge in [0.05, 0.1) is 16.8 Å². The molecule has 20 heavy (non-hydrogen) atoms. The Hall–Kier alpha value is 0.570. The van der Waals surface area contributed by atoms with Crippen molar-refractivity contribution in [2.75, 3.05) is 38.4 Å². The van der Waals surface area contributed by atoms with Crippen LogP contribution in [0.5, 0.6) is 0 Å². The summed E-state index contributed by atoms with van der Waals surface area (Å²) in [6.07, 6.45) is 5.53. The molecule has 2 aliphatic rings. The molecule has 0 aliphatic carbocycles. The van der Waals surface area contributed by atoms with Crippen LogP contribution >= 0.6 is 22.6 Å². The Morgan fingerprint density at radius 3 is 1.90 bits per heavy atom. The summed E-state index contributed by atoms with van der Waals surface area (Å²) in [6.45, 7) is 5.76. The van der Waals surface area contributed by atoms with Crippen molar-refractivity contribution in [2.45, 2.75) is 56.9 Å². The Balaban J connectivity index is 2.10. The van der Waals surface area contributed by atoms with E-state index in [1.54, 1.807) is 0 Å². The SMILES string of the molecule is CCN1CCC(OC)CC1C1CC(OC)CCN1CI. The van der Waals surface area contributed by atoms with Gasteiger partial charge in [-0.05, 0) is 32.2 Å². The normalized spacial score (nSPS) is 37.2. The number of halogens is 1. The van der Waals surface area contributed by atoms with E-state index in [2.05, 4.69) is 39.3 Å². The molecule has 0 amide bonds. The van der Waals surface area contributed by atoms with Crippen LogP contribution in [0.25, 0.3) is 0 Å². The van der Waals surface area contributed by atoms with Crippen LogP contribution in [0.2, 0.25) is 0 Å². The second-order valence-electron chi connectivity index (χ2n) is 5.96. The van der Waals surface area contributed by atoms with Crippen LogP contribution in [0.15, 0.2) is 0 Å². The molecule has 4 atom stereocenters. The van der Waals surface area contributed by atoms with Crippen LogP contribution in [-0.4, -0.2) is 72.5 Å². The Bertz CT molecular complexity index is 265. The number of hydrogen-bond acceptors (Lipinski definition) is 4. The van der Waals surface area contributed by atoms with Gasteiger partial charge in [-0.3, -0.25) is 9.80 Å². The third kappa shape index (κ3) is 3.85. The highest BCUT2D eigenvalue weighted by Gasteiger charge is 2.39. The molecule has 2 fully saturated rings. The third-order valence-electron chi connectivity index (χ3n) is 5.09. The highest BCUT2D eigenvalue weighted by atomic mass is 127. The lowest BCUT2D eigenvalue weighted by Gasteiger charge is -2.49. The molecule has 2 saturated heterocycles. The molecule has 0 radical (unpaired) electrons. The number of hydrogen-bond donors (Lipinski definition) is 0. The van der Waals surface area contributed by atoms with E-state index in [4.69, 9.17) is 9.47 Å². The van der Waals surface area contributed by atoms with Crippen molar-refractivity contribution in [1.29, 1.82) is 0 Å². The molecule has 2 aliphatic heterocycles. The van der Waals surface area contributed by atoms with Gasteiger partial charge in [0, 0.05) is 39.4 Å². The fourth-order valence-electron chi connectivity index (χ4n) is 3.79. The van der Waals surface area contributed by atoms with Crippen LogP contribution in [0, 0.1) is 0 Å². The summed E-state index contributed by atoms with van der Waals surface area (Å²) in [5, 5.41) is 0. The van der Waals surface area contributed by atoms with Crippen LogP contribution in [0.4, 0.5) is 0 Å². The molecular formula is C15H29IN2O2. The van der Waals surface area contributed by atoms with Crippen molar-refractivity contribution in [3.63, 3.8) is 0 Å². The molecule has 2 rings (SSSR count). The van der Waals surface area contributed by atoms with Crippen molar-refractivity contribution in [1.82, 2.24) is 9.80 Å². The topological polar surface area (TPSA) is 24.9 Å². The summed E-state index contributed by atoms with van der Waals surface area (Å²) >= 11 is 2.51. The second kappa shape index (κ2) is 8.27. The maximum atomic E-state index is 5.65. The Kier molecular flexibility index (Phi) is 7.00. The molecular weight excluding hydrogens is 367 g/mol. The average Bonchev–Trinajstić information content (AvgIpc) is 2.53. The number of piperidine rings is 2. The molecule has 0 aromatic rings. The summed E-state index contributed by atoms with van der Waals surface area (Å²) < 4.78 is 12.4. The Morgan fingerprint density at radius 1 is 0.950 bits per heavy atom. The van der Waals surface area contributed by atoms with E-state index in [1.807, 2.05) is 14.2 Å². The van der Waals surface area contributed by atoms with Crippen molar-refractivity contribution in [2.24, 2.45) is 0 Å². The molecule has 0 saturated carbocycles. The van der Waals surface area contributed by atoms with Gasteiger partial charge in [0.25, 0.3) is 0 Å². The number of rotatable bonds is 5. The molecule has 4 unspecified atom stereocenters. The van der Waals surface area contributed by atoms with E-state index in [1.165, 1.54) is 25.8 Å². The Morgan fingerprint density at radius 2 is 1.45 bits per heavy atom. The van der Waals surface area contributed by atoms with Gasteiger partial charge in [0.15, 0.2) is 0 Å². The standard InChI is InChI=1S/C15H29IN2O2/c1-4-17-7-5-12(19-2)9-14(17)15-10-13(20-3)6-8-18(15)11-16/h12-15H,4-11H2,1-3H3. The number of ether oxygens (including phenoxy) is 2. The minimum Gasteiger partial charge on any atom is -0.381 e. The molecule has 0 spiro atoms. The molecule has 0 N–H and O–H groups in total. The first-order chi connectivity index (χ1) is 9.73. The number of alkyl halides is 1. The summed E-state index contributed by atoms with van der Waals surface area (Å²) in [5.41, 5.74) is 0. The summed E-state index contributed by atoms with van der Waals surface area (Å²) in [6, 6.07) is 1.23. The lowest BCUT2D eigenvalue weighted by molar-refractivity contribution is -0.0495. The van der Waals surface area contributed by atoms with Gasteiger partial charge in [-0.25, -0.2) is 0 Å². The first-order valence-corrected chi connectivity index (χ1v) is 9.35. The predicted molar refractivity (Wildman–Crippen MR) is 90.5 cm³/mol. The van der Waals surface area contributed by atoms with Gasteiger partial charge in [0.1, 0.15) is 0 Å². The molecule has 4 nitrogen and oxygen atoms in total. The van der Waals surface area contributed by atoms with Crippen LogP contribution in [0.3, 0.4) is 0 Å². The smallest absolute Gasteiger partial charge is 0.0599 e. The first kappa shape index (κ1) is 16.9. The average molecular weight is 396 g/mol. The van der Waals surface area contributed by atoms with Crippen LogP contribution in [0.1, 0.15) is 32.6 Å². The molecule has 118 valence electrons. The first-order valence-electron chi connectivity index (χ1n) is 7.83. The Labute approximate surface area is 137 Å². The van der Waals surface area contributed by atoms with E-state index >= 15 is 0 Å². The van der Waals surface area contributed by atoms with E-state index in [-0.39, 0.29) is 0 Å². The monoisotopic (exact) mass is 396 g/mol. The number of likely N-dealkylation sites (tertiary alicyclic amines) is 2. The number of nitrogens with zero attached hydrogens (tertiary/aromatic N) is 2. The molecule has 0 bridgehead atoms. The van der Waals surface area contributed by atoms with E-state index in [0.29, 0.717) is 24.3 Å². The zero-order chi connectivity index (χ0) is 14.5. The third-order valence-corrected chi connectivity index (χ3v) is 5.97. The molecule has 2 heterocycles. The van der Waals surface area contributed by atoms with Crippen molar-refractivity contribution < 1.29 is 9.47 Å². The minimum absolute atomic E-state index is 0.431. The maximum Gasteiger partial charge on any atom is 0.0599 e. The van der Waals surface area contributed by atoms with Gasteiger partial charge in [0.2, 0.25) is 0 Å². The van der Waals surface area contributed by atoms with E-state index < -0.39 is 0 Å². The fraction of sp³-hybridized carbons (Fsp3) is 1.00. The van der Waals surface area contributed by atoms with E-state index in [9.17, 15) is 0 Å². The minimum atomic E-state index is 0.431. The van der Waals surface area contributed by atoms with Crippen molar-refractivity contribution in [3.8, 4) is 0 Å². The summed E-state index contributed by atoms with van der Waals surface area (Å²) in [7, 11) is 3.72. The molecule has 0 aromatic carbocycles. The van der Waals surface area contributed by atoms with Crippen molar-refractivity contribution in [3.05, 3.63) is 0 Å². The zero-order valence-electron chi connectivity index (χ0n) is 13.1. The van der Waals surface area contributed by atoms with Crippen LogP contribution < -0.4 is 0 Å². The fourth-order valence-corrected chi connectivity index (χ4v) is 4.64. The summed E-state index contributed by atoms with van der Waals surface area (Å²) in [4.78, 5) is 5.29. The maximum absolute atomic E-state index is 5.65. The van der Waals surface area contributed by atoms with Gasteiger partial charge in [-0.1, -0.05) is 29.5 Å². The summed E-state index contributed by atoms with van der Waals surface area (Å²) in [5.74, 6) is 0. The second-order valence-corrected chi connectivity index (χ2v) is 6.64. The highest BCUT2D eigenvalue weighted by Crippen LogP contribution is 2.31. The quantitative estimate of drug-likeness (QED) is 0.405. The largest absolute Gasteiger partial charge is 0.381 e. The van der Waals surface area contributed by atoms with E-state index in [0.717, 1.165) is 24.1 Å². The van der Waals surface area contributed by atoms with Gasteiger partial charge >= 0.3 is 0 Å². The molecule has 5 heteroatoms.